The van der Waals surface area contributed by atoms with Crippen LogP contribution in [-0.2, 0) is 11.2 Å². The molecule has 2 saturated carbocycles. The number of aromatic nitrogens is 2. The first-order chi connectivity index (χ1) is 20.9. The smallest absolute Gasteiger partial charge is 0.188 e. The molecule has 222 valence electrons. The number of piperidine rings is 1. The lowest BCUT2D eigenvalue weighted by molar-refractivity contribution is 0.0512. The molecule has 1 saturated heterocycles. The van der Waals surface area contributed by atoms with Gasteiger partial charge < -0.3 is 19.5 Å². The van der Waals surface area contributed by atoms with Gasteiger partial charge in [-0.25, -0.2) is 18.7 Å². The van der Waals surface area contributed by atoms with E-state index in [1.54, 1.807) is 18.2 Å². The number of halogens is 2. The van der Waals surface area contributed by atoms with Crippen molar-refractivity contribution in [3.05, 3.63) is 59.4 Å². The van der Waals surface area contributed by atoms with Gasteiger partial charge in [-0.3, -0.25) is 0 Å². The van der Waals surface area contributed by atoms with Gasteiger partial charge in [0.25, 0.3) is 0 Å². The Labute approximate surface area is 250 Å². The molecule has 2 heterocycles. The maximum absolute atomic E-state index is 16.9. The van der Waals surface area contributed by atoms with Gasteiger partial charge in [0.15, 0.2) is 12.6 Å². The van der Waals surface area contributed by atoms with Gasteiger partial charge in [-0.05, 0) is 85.4 Å². The summed E-state index contributed by atoms with van der Waals surface area (Å²) in [5.41, 5.74) is 0.618. The zero-order chi connectivity index (χ0) is 29.7. The predicted molar refractivity (Wildman–Crippen MR) is 163 cm³/mol. The fourth-order valence-corrected chi connectivity index (χ4v) is 7.17. The number of anilines is 1. The van der Waals surface area contributed by atoms with Crippen molar-refractivity contribution in [2.75, 3.05) is 38.5 Å². The summed E-state index contributed by atoms with van der Waals surface area (Å²) in [5.74, 6) is 3.86. The van der Waals surface area contributed by atoms with Crippen LogP contribution in [0.4, 0.5) is 14.6 Å². The van der Waals surface area contributed by atoms with Crippen molar-refractivity contribution in [3.8, 4) is 29.2 Å². The highest BCUT2D eigenvalue weighted by Gasteiger charge is 2.41. The largest absolute Gasteiger partial charge is 0.468 e. The monoisotopic (exact) mass is 583 g/mol. The number of aryl methyl sites for hydroxylation is 1. The Hall–Kier alpha value is -3.80. The number of benzene rings is 3. The normalized spacial score (nSPS) is 20.5. The lowest BCUT2D eigenvalue weighted by Crippen LogP contribution is -2.37. The van der Waals surface area contributed by atoms with E-state index in [0.717, 1.165) is 32.4 Å². The van der Waals surface area contributed by atoms with Gasteiger partial charge >= 0.3 is 0 Å². The van der Waals surface area contributed by atoms with Gasteiger partial charge in [0.1, 0.15) is 28.7 Å². The molecule has 8 heteroatoms. The fourth-order valence-electron chi connectivity index (χ4n) is 7.17. The van der Waals surface area contributed by atoms with Crippen LogP contribution in [0.25, 0.3) is 32.8 Å². The molecule has 3 fully saturated rings. The maximum Gasteiger partial charge on any atom is 0.188 e. The van der Waals surface area contributed by atoms with E-state index in [-0.39, 0.29) is 29.9 Å². The zero-order valence-electron chi connectivity index (χ0n) is 24.3. The van der Waals surface area contributed by atoms with E-state index in [9.17, 15) is 5.11 Å². The quantitative estimate of drug-likeness (QED) is 0.176. The van der Waals surface area contributed by atoms with Crippen molar-refractivity contribution in [2.24, 2.45) is 17.3 Å². The summed E-state index contributed by atoms with van der Waals surface area (Å²) < 4.78 is 44.0. The fraction of sp³-hybridized carbons (Fsp3) is 0.429. The number of aliphatic hydroxyl groups excluding tert-OH is 1. The summed E-state index contributed by atoms with van der Waals surface area (Å²) in [6, 6.07) is 10.2. The molecule has 7 rings (SSSR count). The van der Waals surface area contributed by atoms with E-state index >= 15 is 8.78 Å². The van der Waals surface area contributed by atoms with Gasteiger partial charge in [0, 0.05) is 55.1 Å². The minimum Gasteiger partial charge on any atom is -0.468 e. The highest BCUT2D eigenvalue weighted by atomic mass is 19.1. The second-order valence-electron chi connectivity index (χ2n) is 12.6. The second-order valence-corrected chi connectivity index (χ2v) is 12.6. The van der Waals surface area contributed by atoms with Crippen molar-refractivity contribution >= 4 is 27.5 Å². The number of fused-ring (bicyclic) bond motifs is 4. The van der Waals surface area contributed by atoms with Crippen molar-refractivity contribution in [3.63, 3.8) is 0 Å². The van der Waals surface area contributed by atoms with Gasteiger partial charge in [0.05, 0.1) is 5.56 Å². The van der Waals surface area contributed by atoms with Gasteiger partial charge in [-0.15, -0.1) is 6.42 Å². The predicted octanol–water partition coefficient (Wildman–Crippen LogP) is 6.63. The van der Waals surface area contributed by atoms with Crippen LogP contribution in [0.5, 0.6) is 5.75 Å². The molecule has 1 aromatic heterocycles. The summed E-state index contributed by atoms with van der Waals surface area (Å²) in [7, 11) is 1.51. The number of methoxy groups -OCH3 is 1. The minimum atomic E-state index is -0.750. The van der Waals surface area contributed by atoms with Crippen LogP contribution < -0.4 is 9.64 Å². The van der Waals surface area contributed by atoms with Crippen LogP contribution in [0.15, 0.2) is 36.4 Å². The molecule has 3 aromatic carbocycles. The molecule has 2 aliphatic carbocycles. The third-order valence-electron chi connectivity index (χ3n) is 9.71. The van der Waals surface area contributed by atoms with E-state index in [4.69, 9.17) is 25.9 Å². The number of nitrogens with zero attached hydrogens (tertiary/aromatic N) is 3. The summed E-state index contributed by atoms with van der Waals surface area (Å²) >= 11 is 0. The molecule has 3 aliphatic rings. The third kappa shape index (κ3) is 5.09. The number of hydrogen-bond donors (Lipinski definition) is 1. The van der Waals surface area contributed by atoms with Gasteiger partial charge in [-0.1, -0.05) is 18.1 Å². The first-order valence-electron chi connectivity index (χ1n) is 15.1. The van der Waals surface area contributed by atoms with Crippen LogP contribution >= 0.6 is 0 Å². The van der Waals surface area contributed by atoms with Crippen molar-refractivity contribution < 1.29 is 23.4 Å². The van der Waals surface area contributed by atoms with Crippen LogP contribution in [0.3, 0.4) is 0 Å². The number of aliphatic hydroxyl groups is 1. The second kappa shape index (κ2) is 11.0. The van der Waals surface area contributed by atoms with Crippen molar-refractivity contribution in [1.82, 2.24) is 9.97 Å². The summed E-state index contributed by atoms with van der Waals surface area (Å²) in [6.45, 7) is 1.75. The number of terminal acetylenes is 1. The number of rotatable bonds is 9. The van der Waals surface area contributed by atoms with Crippen LogP contribution in [-0.4, -0.2) is 48.7 Å². The molecule has 0 radical (unpaired) electrons. The molecule has 6 nitrogen and oxygen atoms in total. The zero-order valence-corrected chi connectivity index (χ0v) is 24.3. The van der Waals surface area contributed by atoms with E-state index in [2.05, 4.69) is 10.8 Å². The molecule has 2 atom stereocenters. The Balaban J connectivity index is 1.43. The molecule has 4 aromatic rings. The van der Waals surface area contributed by atoms with Crippen LogP contribution in [0.1, 0.15) is 49.9 Å². The Morgan fingerprint density at radius 1 is 1.12 bits per heavy atom. The molecule has 1 N–H and O–H groups in total. The molecular formula is C35H35F2N3O3. The summed E-state index contributed by atoms with van der Waals surface area (Å²) in [6.07, 6.45) is 12.6. The van der Waals surface area contributed by atoms with Crippen LogP contribution in [0.2, 0.25) is 0 Å². The molecular weight excluding hydrogens is 548 g/mol. The summed E-state index contributed by atoms with van der Waals surface area (Å²) in [4.78, 5) is 11.9. The van der Waals surface area contributed by atoms with E-state index in [1.807, 2.05) is 12.1 Å². The molecule has 43 heavy (non-hydrogen) atoms. The molecule has 0 spiro atoms. The standard InChI is InChI=1S/C35H35F2N3O3/c1-3-23-5-4-6-24-14-25(43-20-42-2)15-26(30(23)24)31-28(36)16-27-33(32(31)37)38-29(9-10-35(19-41)11-12-35)39-34(27)40-17-21-7-8-22(13-21)18-40/h1,4-6,14-16,21-22,41H,7-13,17-20H2,2H3. The number of hydrogen-bond acceptors (Lipinski definition) is 6. The highest BCUT2D eigenvalue weighted by molar-refractivity contribution is 6.04. The molecule has 2 unspecified atom stereocenters. The molecule has 0 amide bonds. The van der Waals surface area contributed by atoms with E-state index in [1.165, 1.54) is 32.4 Å². The Bertz CT molecular complexity index is 1750. The average Bonchev–Trinajstić information content (AvgIpc) is 3.73. The van der Waals surface area contributed by atoms with Crippen molar-refractivity contribution in [1.29, 1.82) is 0 Å². The SMILES string of the molecule is C#Cc1cccc2cc(OCOC)cc(-c3c(F)cc4c(N5CC6CCC(C6)C5)nc(CCC5(CO)CC5)nc4c3F)c12. The topological polar surface area (TPSA) is 67.7 Å². The van der Waals surface area contributed by atoms with Crippen LogP contribution in [0, 0.1) is 41.2 Å². The Morgan fingerprint density at radius 2 is 1.91 bits per heavy atom. The molecule has 2 bridgehead atoms. The highest BCUT2D eigenvalue weighted by Crippen LogP contribution is 2.49. The van der Waals surface area contributed by atoms with Crippen molar-refractivity contribution in [2.45, 2.75) is 44.9 Å². The maximum atomic E-state index is 16.9. The van der Waals surface area contributed by atoms with E-state index in [0.29, 0.717) is 62.9 Å². The molecule has 1 aliphatic heterocycles. The average molecular weight is 584 g/mol. The van der Waals surface area contributed by atoms with E-state index < -0.39 is 11.6 Å². The lowest BCUT2D eigenvalue weighted by atomic mass is 9.92. The summed E-state index contributed by atoms with van der Waals surface area (Å²) in [5, 5.41) is 11.5. The Kier molecular flexibility index (Phi) is 7.19. The lowest BCUT2D eigenvalue weighted by Gasteiger charge is -2.33. The van der Waals surface area contributed by atoms with Gasteiger partial charge in [0.2, 0.25) is 0 Å². The third-order valence-corrected chi connectivity index (χ3v) is 9.71. The first kappa shape index (κ1) is 28.0. The first-order valence-corrected chi connectivity index (χ1v) is 15.1. The minimum absolute atomic E-state index is 0.0183. The van der Waals surface area contributed by atoms with Gasteiger partial charge in [-0.2, -0.15) is 0 Å². The Morgan fingerprint density at radius 3 is 2.60 bits per heavy atom. The number of ether oxygens (including phenoxy) is 2.